The summed E-state index contributed by atoms with van der Waals surface area (Å²) < 4.78 is 0. The maximum atomic E-state index is 2.74. The second kappa shape index (κ2) is 6.21. The minimum atomic E-state index is 0.721. The summed E-state index contributed by atoms with van der Waals surface area (Å²) in [6.45, 7) is 14.4. The molecule has 0 spiro atoms. The predicted octanol–water partition coefficient (Wildman–Crippen LogP) is 3.15. The lowest BCUT2D eigenvalue weighted by Gasteiger charge is -2.41. The number of nitrogens with zero attached hydrogens (tertiary/aromatic N) is 2. The van der Waals surface area contributed by atoms with Crippen molar-refractivity contribution < 1.29 is 0 Å². The minimum absolute atomic E-state index is 0.721. The zero-order valence-corrected chi connectivity index (χ0v) is 12.7. The number of likely N-dealkylation sites (tertiary alicyclic amines) is 1. The molecule has 0 unspecified atom stereocenters. The Hall–Kier alpha value is -0.340. The highest BCUT2D eigenvalue weighted by Gasteiger charge is 2.27. The van der Waals surface area contributed by atoms with Gasteiger partial charge in [-0.25, -0.2) is 0 Å². The molecule has 0 radical (unpaired) electrons. The van der Waals surface area contributed by atoms with Crippen molar-refractivity contribution in [2.24, 2.45) is 5.92 Å². The fourth-order valence-corrected chi connectivity index (χ4v) is 3.29. The summed E-state index contributed by atoms with van der Waals surface area (Å²) in [4.78, 5) is 5.37. The normalized spacial score (nSPS) is 24.9. The van der Waals surface area contributed by atoms with Crippen molar-refractivity contribution in [3.05, 3.63) is 11.6 Å². The molecular formula is C16H30N2. The SMILES string of the molecule is CC(C)C1=CCCN(C2CCN(C(C)C)CC2)C1. The highest BCUT2D eigenvalue weighted by molar-refractivity contribution is 5.11. The smallest absolute Gasteiger partial charge is 0.0198 e. The maximum absolute atomic E-state index is 2.74. The Labute approximate surface area is 113 Å². The third-order valence-electron chi connectivity index (χ3n) is 4.70. The van der Waals surface area contributed by atoms with Gasteiger partial charge in [0.2, 0.25) is 0 Å². The summed E-state index contributed by atoms with van der Waals surface area (Å²) >= 11 is 0. The van der Waals surface area contributed by atoms with Crippen LogP contribution < -0.4 is 0 Å². The van der Waals surface area contributed by atoms with Gasteiger partial charge < -0.3 is 4.90 Å². The van der Waals surface area contributed by atoms with Crippen LogP contribution in [0.5, 0.6) is 0 Å². The third kappa shape index (κ3) is 3.36. The van der Waals surface area contributed by atoms with E-state index in [-0.39, 0.29) is 0 Å². The van der Waals surface area contributed by atoms with Crippen molar-refractivity contribution in [2.75, 3.05) is 26.2 Å². The number of rotatable bonds is 3. The number of hydrogen-bond donors (Lipinski definition) is 0. The maximum Gasteiger partial charge on any atom is 0.0198 e. The Kier molecular flexibility index (Phi) is 4.85. The Morgan fingerprint density at radius 3 is 2.28 bits per heavy atom. The van der Waals surface area contributed by atoms with Gasteiger partial charge in [0.25, 0.3) is 0 Å². The molecule has 0 aromatic rings. The first-order chi connectivity index (χ1) is 8.58. The summed E-state index contributed by atoms with van der Waals surface area (Å²) in [6, 6.07) is 1.56. The summed E-state index contributed by atoms with van der Waals surface area (Å²) in [5.74, 6) is 0.726. The van der Waals surface area contributed by atoms with Crippen molar-refractivity contribution in [2.45, 2.75) is 59.0 Å². The summed E-state index contributed by atoms with van der Waals surface area (Å²) in [7, 11) is 0. The van der Waals surface area contributed by atoms with Gasteiger partial charge in [-0.3, -0.25) is 4.90 Å². The summed E-state index contributed by atoms with van der Waals surface area (Å²) in [5.41, 5.74) is 1.66. The van der Waals surface area contributed by atoms with Crippen LogP contribution in [-0.4, -0.2) is 48.1 Å². The van der Waals surface area contributed by atoms with Crippen molar-refractivity contribution >= 4 is 0 Å². The quantitative estimate of drug-likeness (QED) is 0.710. The zero-order valence-electron chi connectivity index (χ0n) is 12.7. The molecule has 2 aliphatic rings. The van der Waals surface area contributed by atoms with Gasteiger partial charge >= 0.3 is 0 Å². The fraction of sp³-hybridized carbons (Fsp3) is 0.875. The van der Waals surface area contributed by atoms with Gasteiger partial charge in [-0.15, -0.1) is 0 Å². The van der Waals surface area contributed by atoms with Crippen molar-refractivity contribution in [3.63, 3.8) is 0 Å². The first-order valence-corrected chi connectivity index (χ1v) is 7.75. The van der Waals surface area contributed by atoms with E-state index in [2.05, 4.69) is 43.6 Å². The molecule has 104 valence electrons. The van der Waals surface area contributed by atoms with Gasteiger partial charge in [0, 0.05) is 25.2 Å². The van der Waals surface area contributed by atoms with Gasteiger partial charge in [0.15, 0.2) is 0 Å². The number of hydrogen-bond acceptors (Lipinski definition) is 2. The average molecular weight is 250 g/mol. The van der Waals surface area contributed by atoms with Crippen LogP contribution in [0.4, 0.5) is 0 Å². The van der Waals surface area contributed by atoms with Crippen LogP contribution in [0.25, 0.3) is 0 Å². The zero-order chi connectivity index (χ0) is 13.1. The fourth-order valence-electron chi connectivity index (χ4n) is 3.29. The van der Waals surface area contributed by atoms with Crippen molar-refractivity contribution in [1.82, 2.24) is 9.80 Å². The lowest BCUT2D eigenvalue weighted by Crippen LogP contribution is -2.48. The average Bonchev–Trinajstić information content (AvgIpc) is 2.39. The molecule has 0 atom stereocenters. The molecule has 1 fully saturated rings. The van der Waals surface area contributed by atoms with E-state index in [0.717, 1.165) is 18.0 Å². The van der Waals surface area contributed by atoms with Crippen molar-refractivity contribution in [3.8, 4) is 0 Å². The van der Waals surface area contributed by atoms with Crippen LogP contribution in [0, 0.1) is 5.92 Å². The van der Waals surface area contributed by atoms with Gasteiger partial charge in [-0.05, 0) is 52.1 Å². The summed E-state index contributed by atoms with van der Waals surface area (Å²) in [6.07, 6.45) is 6.47. The molecule has 2 rings (SSSR count). The second-order valence-corrected chi connectivity index (χ2v) is 6.55. The molecular weight excluding hydrogens is 220 g/mol. The molecule has 0 aliphatic carbocycles. The molecule has 18 heavy (non-hydrogen) atoms. The predicted molar refractivity (Wildman–Crippen MR) is 78.8 cm³/mol. The van der Waals surface area contributed by atoms with E-state index in [9.17, 15) is 0 Å². The highest BCUT2D eigenvalue weighted by atomic mass is 15.2. The van der Waals surface area contributed by atoms with E-state index in [1.54, 1.807) is 5.57 Å². The van der Waals surface area contributed by atoms with E-state index in [0.29, 0.717) is 0 Å². The van der Waals surface area contributed by atoms with Crippen LogP contribution in [-0.2, 0) is 0 Å². The molecule has 0 aromatic heterocycles. The van der Waals surface area contributed by atoms with Crippen LogP contribution in [0.3, 0.4) is 0 Å². The number of piperidine rings is 1. The highest BCUT2D eigenvalue weighted by Crippen LogP contribution is 2.24. The lowest BCUT2D eigenvalue weighted by atomic mass is 9.95. The Balaban J connectivity index is 1.85. The third-order valence-corrected chi connectivity index (χ3v) is 4.70. The molecule has 0 aromatic carbocycles. The first-order valence-electron chi connectivity index (χ1n) is 7.75. The summed E-state index contributed by atoms with van der Waals surface area (Å²) in [5, 5.41) is 0. The molecule has 2 aliphatic heterocycles. The topological polar surface area (TPSA) is 6.48 Å². The van der Waals surface area contributed by atoms with Gasteiger partial charge in [0.1, 0.15) is 0 Å². The molecule has 0 N–H and O–H groups in total. The van der Waals surface area contributed by atoms with E-state index in [4.69, 9.17) is 0 Å². The van der Waals surface area contributed by atoms with E-state index in [1.165, 1.54) is 45.4 Å². The standard InChI is InChI=1S/C16H30N2/c1-13(2)15-6-5-9-18(12-15)16-7-10-17(11-8-16)14(3)4/h6,13-14,16H,5,7-12H2,1-4H3. The minimum Gasteiger partial charge on any atom is -0.301 e. The van der Waals surface area contributed by atoms with Crippen LogP contribution in [0.15, 0.2) is 11.6 Å². The van der Waals surface area contributed by atoms with E-state index >= 15 is 0 Å². The molecule has 0 amide bonds. The largest absolute Gasteiger partial charge is 0.301 e. The molecule has 0 saturated carbocycles. The van der Waals surface area contributed by atoms with Crippen LogP contribution in [0.1, 0.15) is 47.0 Å². The molecule has 2 nitrogen and oxygen atoms in total. The molecule has 0 bridgehead atoms. The Bertz CT molecular complexity index is 285. The van der Waals surface area contributed by atoms with Gasteiger partial charge in [-0.1, -0.05) is 25.5 Å². The van der Waals surface area contributed by atoms with Gasteiger partial charge in [0.05, 0.1) is 0 Å². The second-order valence-electron chi connectivity index (χ2n) is 6.55. The van der Waals surface area contributed by atoms with Crippen LogP contribution in [0.2, 0.25) is 0 Å². The lowest BCUT2D eigenvalue weighted by molar-refractivity contribution is 0.0946. The Morgan fingerprint density at radius 2 is 1.72 bits per heavy atom. The Morgan fingerprint density at radius 1 is 1.06 bits per heavy atom. The molecule has 1 saturated heterocycles. The van der Waals surface area contributed by atoms with Crippen LogP contribution >= 0.6 is 0 Å². The molecule has 2 heterocycles. The monoisotopic (exact) mass is 250 g/mol. The van der Waals surface area contributed by atoms with Crippen molar-refractivity contribution in [1.29, 1.82) is 0 Å². The van der Waals surface area contributed by atoms with E-state index < -0.39 is 0 Å². The van der Waals surface area contributed by atoms with Gasteiger partial charge in [-0.2, -0.15) is 0 Å². The van der Waals surface area contributed by atoms with E-state index in [1.807, 2.05) is 0 Å². The first kappa shape index (κ1) is 14.1. The molecule has 2 heteroatoms.